The number of benzene rings is 2. The van der Waals surface area contributed by atoms with Gasteiger partial charge in [-0.25, -0.2) is 0 Å². The molecule has 0 saturated heterocycles. The Morgan fingerprint density at radius 2 is 1.67 bits per heavy atom. The van der Waals surface area contributed by atoms with Gasteiger partial charge in [-0.1, -0.05) is 60.7 Å². The lowest BCUT2D eigenvalue weighted by atomic mass is 9.92. The van der Waals surface area contributed by atoms with Crippen LogP contribution in [0.1, 0.15) is 25.0 Å². The van der Waals surface area contributed by atoms with Crippen molar-refractivity contribution in [2.75, 3.05) is 13.6 Å². The maximum atomic E-state index is 12.5. The van der Waals surface area contributed by atoms with Crippen molar-refractivity contribution in [3.63, 3.8) is 0 Å². The molecule has 0 aliphatic rings. The van der Waals surface area contributed by atoms with Crippen molar-refractivity contribution in [2.45, 2.75) is 32.0 Å². The molecule has 0 spiro atoms. The third-order valence-corrected chi connectivity index (χ3v) is 4.43. The Morgan fingerprint density at radius 1 is 1.12 bits per heavy atom. The number of carbonyl (C=O) groups excluding carboxylic acids is 1. The Balaban J connectivity index is 1.88. The molecule has 2 unspecified atom stereocenters. The van der Waals surface area contributed by atoms with Crippen LogP contribution in [0, 0.1) is 0 Å². The SMILES string of the molecule is CC(CNC(=O)C(C)(N)c1ccccc1)N(C)Cc1ccccc1. The van der Waals surface area contributed by atoms with Gasteiger partial charge in [-0.2, -0.15) is 0 Å². The summed E-state index contributed by atoms with van der Waals surface area (Å²) in [5, 5.41) is 2.98. The molecule has 2 atom stereocenters. The van der Waals surface area contributed by atoms with E-state index in [0.717, 1.165) is 12.1 Å². The topological polar surface area (TPSA) is 58.4 Å². The van der Waals surface area contributed by atoms with Gasteiger partial charge in [-0.3, -0.25) is 9.69 Å². The van der Waals surface area contributed by atoms with Crippen LogP contribution in [-0.2, 0) is 16.9 Å². The standard InChI is InChI=1S/C20H27N3O/c1-16(23(3)15-17-10-6-4-7-11-17)14-22-19(24)20(2,21)18-12-8-5-9-13-18/h4-13,16H,14-15,21H2,1-3H3,(H,22,24). The molecule has 4 heteroatoms. The van der Waals surface area contributed by atoms with Crippen LogP contribution in [0.2, 0.25) is 0 Å². The largest absolute Gasteiger partial charge is 0.353 e. The van der Waals surface area contributed by atoms with Gasteiger partial charge >= 0.3 is 0 Å². The lowest BCUT2D eigenvalue weighted by Gasteiger charge is -2.28. The first kappa shape index (κ1) is 18.2. The second kappa shape index (κ2) is 8.08. The quantitative estimate of drug-likeness (QED) is 0.822. The van der Waals surface area contributed by atoms with Gasteiger partial charge in [0.25, 0.3) is 0 Å². The number of amides is 1. The van der Waals surface area contributed by atoms with Crippen molar-refractivity contribution in [2.24, 2.45) is 5.73 Å². The van der Waals surface area contributed by atoms with Crippen LogP contribution in [0.25, 0.3) is 0 Å². The van der Waals surface area contributed by atoms with E-state index < -0.39 is 5.54 Å². The van der Waals surface area contributed by atoms with Crippen molar-refractivity contribution in [3.05, 3.63) is 71.8 Å². The van der Waals surface area contributed by atoms with E-state index in [-0.39, 0.29) is 11.9 Å². The van der Waals surface area contributed by atoms with Crippen molar-refractivity contribution in [3.8, 4) is 0 Å². The van der Waals surface area contributed by atoms with Crippen LogP contribution in [0.15, 0.2) is 60.7 Å². The van der Waals surface area contributed by atoms with E-state index in [9.17, 15) is 4.79 Å². The number of carbonyl (C=O) groups is 1. The molecule has 0 aromatic heterocycles. The highest BCUT2D eigenvalue weighted by molar-refractivity contribution is 5.87. The maximum absolute atomic E-state index is 12.5. The second-order valence-electron chi connectivity index (χ2n) is 6.53. The molecule has 0 saturated carbocycles. The zero-order valence-electron chi connectivity index (χ0n) is 14.7. The highest BCUT2D eigenvalue weighted by atomic mass is 16.2. The van der Waals surface area contributed by atoms with Crippen molar-refractivity contribution in [1.29, 1.82) is 0 Å². The van der Waals surface area contributed by atoms with Gasteiger partial charge in [0.05, 0.1) is 0 Å². The normalized spacial score (nSPS) is 14.9. The molecule has 0 aliphatic carbocycles. The van der Waals surface area contributed by atoms with Gasteiger partial charge < -0.3 is 11.1 Å². The van der Waals surface area contributed by atoms with E-state index in [1.54, 1.807) is 6.92 Å². The lowest BCUT2D eigenvalue weighted by molar-refractivity contribution is -0.126. The molecule has 4 nitrogen and oxygen atoms in total. The van der Waals surface area contributed by atoms with Gasteiger partial charge in [-0.15, -0.1) is 0 Å². The first-order valence-electron chi connectivity index (χ1n) is 8.28. The zero-order valence-corrected chi connectivity index (χ0v) is 14.7. The molecule has 0 fully saturated rings. The average Bonchev–Trinajstić information content (AvgIpc) is 2.60. The highest BCUT2D eigenvalue weighted by Gasteiger charge is 2.30. The fourth-order valence-corrected chi connectivity index (χ4v) is 2.52. The van der Waals surface area contributed by atoms with E-state index in [0.29, 0.717) is 6.54 Å². The summed E-state index contributed by atoms with van der Waals surface area (Å²) in [6.07, 6.45) is 0. The molecule has 0 heterocycles. The van der Waals surface area contributed by atoms with Crippen LogP contribution in [-0.4, -0.2) is 30.4 Å². The van der Waals surface area contributed by atoms with Crippen molar-refractivity contribution in [1.82, 2.24) is 10.2 Å². The van der Waals surface area contributed by atoms with Crippen LogP contribution in [0.3, 0.4) is 0 Å². The van der Waals surface area contributed by atoms with Gasteiger partial charge in [0.2, 0.25) is 5.91 Å². The molecule has 2 aromatic rings. The van der Waals surface area contributed by atoms with Crippen molar-refractivity contribution < 1.29 is 4.79 Å². The van der Waals surface area contributed by atoms with Gasteiger partial charge in [-0.05, 0) is 32.0 Å². The average molecular weight is 325 g/mol. The van der Waals surface area contributed by atoms with E-state index in [1.807, 2.05) is 48.5 Å². The summed E-state index contributed by atoms with van der Waals surface area (Å²) in [7, 11) is 2.06. The Morgan fingerprint density at radius 3 is 2.25 bits per heavy atom. The van der Waals surface area contributed by atoms with Crippen LogP contribution in [0.5, 0.6) is 0 Å². The molecule has 2 rings (SSSR count). The Bertz CT molecular complexity index is 640. The van der Waals surface area contributed by atoms with E-state index in [1.165, 1.54) is 5.56 Å². The molecular formula is C20H27N3O. The molecule has 24 heavy (non-hydrogen) atoms. The monoisotopic (exact) mass is 325 g/mol. The predicted octanol–water partition coefficient (Wildman–Crippen LogP) is 2.50. The molecule has 1 amide bonds. The van der Waals surface area contributed by atoms with E-state index >= 15 is 0 Å². The van der Waals surface area contributed by atoms with Gasteiger partial charge in [0.1, 0.15) is 5.54 Å². The van der Waals surface area contributed by atoms with Crippen LogP contribution < -0.4 is 11.1 Å². The molecule has 0 aliphatic heterocycles. The molecule has 128 valence electrons. The second-order valence-corrected chi connectivity index (χ2v) is 6.53. The van der Waals surface area contributed by atoms with Gasteiger partial charge in [0.15, 0.2) is 0 Å². The summed E-state index contributed by atoms with van der Waals surface area (Å²) in [6.45, 7) is 5.24. The lowest BCUT2D eigenvalue weighted by Crippen LogP contribution is -2.51. The third-order valence-electron chi connectivity index (χ3n) is 4.43. The Hall–Kier alpha value is -2.17. The van der Waals surface area contributed by atoms with E-state index in [4.69, 9.17) is 5.73 Å². The highest BCUT2D eigenvalue weighted by Crippen LogP contribution is 2.17. The summed E-state index contributed by atoms with van der Waals surface area (Å²) in [5.41, 5.74) is 7.28. The van der Waals surface area contributed by atoms with Crippen LogP contribution >= 0.6 is 0 Å². The Labute approximate surface area is 144 Å². The fourth-order valence-electron chi connectivity index (χ4n) is 2.52. The smallest absolute Gasteiger partial charge is 0.244 e. The minimum atomic E-state index is -1.03. The molecule has 0 bridgehead atoms. The van der Waals surface area contributed by atoms with Crippen LogP contribution in [0.4, 0.5) is 0 Å². The third kappa shape index (κ3) is 4.66. The minimum Gasteiger partial charge on any atom is -0.353 e. The summed E-state index contributed by atoms with van der Waals surface area (Å²) in [4.78, 5) is 14.7. The minimum absolute atomic E-state index is 0.159. The number of hydrogen-bond donors (Lipinski definition) is 2. The summed E-state index contributed by atoms with van der Waals surface area (Å²) < 4.78 is 0. The zero-order chi connectivity index (χ0) is 17.6. The number of nitrogens with zero attached hydrogens (tertiary/aromatic N) is 1. The van der Waals surface area contributed by atoms with Gasteiger partial charge in [0, 0.05) is 19.1 Å². The van der Waals surface area contributed by atoms with E-state index in [2.05, 4.69) is 36.3 Å². The fraction of sp³-hybridized carbons (Fsp3) is 0.350. The predicted molar refractivity (Wildman–Crippen MR) is 98.4 cm³/mol. The van der Waals surface area contributed by atoms with Crippen molar-refractivity contribution >= 4 is 5.91 Å². The first-order valence-corrected chi connectivity index (χ1v) is 8.28. The number of nitrogens with two attached hydrogens (primary N) is 1. The first-order chi connectivity index (χ1) is 11.4. The summed E-state index contributed by atoms with van der Waals surface area (Å²) in [6, 6.07) is 20.0. The number of rotatable bonds is 7. The molecule has 0 radical (unpaired) electrons. The summed E-state index contributed by atoms with van der Waals surface area (Å²) in [5.74, 6) is -0.159. The number of hydrogen-bond acceptors (Lipinski definition) is 3. The summed E-state index contributed by atoms with van der Waals surface area (Å²) >= 11 is 0. The molecule has 3 N–H and O–H groups in total. The maximum Gasteiger partial charge on any atom is 0.244 e. The number of nitrogens with one attached hydrogen (secondary N) is 1. The molecular weight excluding hydrogens is 298 g/mol. The number of likely N-dealkylation sites (N-methyl/N-ethyl adjacent to an activating group) is 1. The molecule has 2 aromatic carbocycles. The Kier molecular flexibility index (Phi) is 6.12.